The van der Waals surface area contributed by atoms with Crippen LogP contribution in [0.4, 0.5) is 10.1 Å². The molecule has 5 rings (SSSR count). The van der Waals surface area contributed by atoms with E-state index in [4.69, 9.17) is 4.74 Å². The molecule has 2 aromatic carbocycles. The summed E-state index contributed by atoms with van der Waals surface area (Å²) in [7, 11) is 4.87. The van der Waals surface area contributed by atoms with Crippen LogP contribution in [-0.4, -0.2) is 64.4 Å². The maximum atomic E-state index is 15.5. The number of amides is 1. The van der Waals surface area contributed by atoms with E-state index in [2.05, 4.69) is 20.5 Å². The second-order valence-electron chi connectivity index (χ2n) is 9.28. The van der Waals surface area contributed by atoms with E-state index in [1.165, 1.54) is 11.0 Å². The smallest absolute Gasteiger partial charge is 0.255 e. The number of halogens is 1. The number of benzene rings is 2. The van der Waals surface area contributed by atoms with Gasteiger partial charge in [-0.1, -0.05) is 12.1 Å². The number of H-pyrrole nitrogens is 1. The molecule has 9 heteroatoms. The van der Waals surface area contributed by atoms with E-state index in [0.717, 1.165) is 10.9 Å². The lowest BCUT2D eigenvalue weighted by molar-refractivity contribution is 0.0828. The minimum Gasteiger partial charge on any atom is -0.496 e. The van der Waals surface area contributed by atoms with Gasteiger partial charge in [0.15, 0.2) is 5.65 Å². The number of anilines is 1. The highest BCUT2D eigenvalue weighted by molar-refractivity contribution is 6.01. The number of nitrogens with zero attached hydrogens (tertiary/aromatic N) is 3. The van der Waals surface area contributed by atoms with Crippen LogP contribution in [0.15, 0.2) is 48.7 Å². The Morgan fingerprint density at radius 2 is 2.00 bits per heavy atom. The highest BCUT2D eigenvalue weighted by atomic mass is 19.1. The van der Waals surface area contributed by atoms with Crippen LogP contribution in [0.3, 0.4) is 0 Å². The van der Waals surface area contributed by atoms with Gasteiger partial charge in [0.25, 0.3) is 5.91 Å². The average molecular weight is 490 g/mol. The van der Waals surface area contributed by atoms with Crippen molar-refractivity contribution in [1.82, 2.24) is 20.1 Å². The zero-order valence-corrected chi connectivity index (χ0v) is 20.4. The van der Waals surface area contributed by atoms with Gasteiger partial charge >= 0.3 is 0 Å². The number of nitrogens with one attached hydrogen (secondary N) is 2. The van der Waals surface area contributed by atoms with Gasteiger partial charge in [-0.05, 0) is 55.2 Å². The summed E-state index contributed by atoms with van der Waals surface area (Å²) in [6.07, 6.45) is 3.10. The molecule has 186 valence electrons. The van der Waals surface area contributed by atoms with Crippen molar-refractivity contribution in [2.24, 2.45) is 0 Å². The maximum Gasteiger partial charge on any atom is 0.255 e. The Morgan fingerprint density at radius 1 is 1.19 bits per heavy atom. The molecule has 4 aromatic rings. The van der Waals surface area contributed by atoms with Crippen LogP contribution >= 0.6 is 0 Å². The van der Waals surface area contributed by atoms with E-state index in [9.17, 15) is 9.90 Å². The fourth-order valence-corrected chi connectivity index (χ4v) is 4.73. The Balaban J connectivity index is 1.60. The standard InChI is InChI=1S/C27H28FN5O3/c1-33(2)27(35)21-10-15(12-22(28)25(21)30-17-8-9-18(34)13-17)16-11-20-24(31-32-26(20)29-14-16)19-6-4-5-7-23(19)36-3/h4-7,10-12,14,17-18,30,34H,8-9,13H2,1-3H3,(H,29,31,32)/t17?,18-/m0/s1. The SMILES string of the molecule is COc1ccccc1-c1n[nH]c2ncc(-c3cc(F)c(NC4CC[C@H](O)C4)c(C(=O)N(C)C)c3)cc12. The topological polar surface area (TPSA) is 103 Å². The molecular weight excluding hydrogens is 461 g/mol. The van der Waals surface area contributed by atoms with Gasteiger partial charge in [0.05, 0.1) is 24.5 Å². The summed E-state index contributed by atoms with van der Waals surface area (Å²) in [6, 6.07) is 12.4. The van der Waals surface area contributed by atoms with Gasteiger partial charge < -0.3 is 20.1 Å². The molecule has 2 aromatic heterocycles. The van der Waals surface area contributed by atoms with Gasteiger partial charge in [0.2, 0.25) is 0 Å². The third-order valence-corrected chi connectivity index (χ3v) is 6.59. The molecule has 0 radical (unpaired) electrons. The molecule has 36 heavy (non-hydrogen) atoms. The number of para-hydroxylation sites is 1. The second-order valence-corrected chi connectivity index (χ2v) is 9.28. The number of carbonyl (C=O) groups is 1. The average Bonchev–Trinajstić information content (AvgIpc) is 3.49. The summed E-state index contributed by atoms with van der Waals surface area (Å²) in [5.74, 6) is -0.172. The van der Waals surface area contributed by atoms with Crippen LogP contribution in [0.1, 0.15) is 29.6 Å². The summed E-state index contributed by atoms with van der Waals surface area (Å²) in [5, 5.41) is 21.2. The van der Waals surface area contributed by atoms with Crippen molar-refractivity contribution >= 4 is 22.6 Å². The molecule has 1 unspecified atom stereocenters. The predicted molar refractivity (Wildman–Crippen MR) is 137 cm³/mol. The maximum absolute atomic E-state index is 15.5. The number of carbonyl (C=O) groups excluding carboxylic acids is 1. The van der Waals surface area contributed by atoms with Crippen molar-refractivity contribution in [3.05, 3.63) is 60.0 Å². The lowest BCUT2D eigenvalue weighted by Gasteiger charge is -2.21. The third-order valence-electron chi connectivity index (χ3n) is 6.59. The molecule has 0 spiro atoms. The quantitative estimate of drug-likeness (QED) is 0.369. The molecule has 8 nitrogen and oxygen atoms in total. The molecule has 0 saturated heterocycles. The van der Waals surface area contributed by atoms with Gasteiger partial charge in [-0.25, -0.2) is 9.37 Å². The number of aliphatic hydroxyl groups excluding tert-OH is 1. The molecule has 3 N–H and O–H groups in total. The lowest BCUT2D eigenvalue weighted by atomic mass is 9.99. The van der Waals surface area contributed by atoms with Gasteiger partial charge in [-0.15, -0.1) is 0 Å². The minimum absolute atomic E-state index is 0.0959. The Labute approximate surface area is 208 Å². The Hall–Kier alpha value is -3.98. The summed E-state index contributed by atoms with van der Waals surface area (Å²) in [6.45, 7) is 0. The first-order chi connectivity index (χ1) is 17.4. The number of aromatic amines is 1. The largest absolute Gasteiger partial charge is 0.496 e. The van der Waals surface area contributed by atoms with Crippen LogP contribution in [0, 0.1) is 5.82 Å². The zero-order chi connectivity index (χ0) is 25.4. The number of hydrogen-bond acceptors (Lipinski definition) is 6. The molecule has 2 heterocycles. The number of aliphatic hydroxyl groups is 1. The zero-order valence-electron chi connectivity index (χ0n) is 20.4. The number of rotatable bonds is 6. The molecular formula is C27H28FN5O3. The molecule has 0 aliphatic heterocycles. The third kappa shape index (κ3) is 4.37. The fraction of sp³-hybridized carbons (Fsp3) is 0.296. The number of aromatic nitrogens is 3. The van der Waals surface area contributed by atoms with E-state index < -0.39 is 11.9 Å². The van der Waals surface area contributed by atoms with E-state index >= 15 is 4.39 Å². The van der Waals surface area contributed by atoms with Crippen molar-refractivity contribution in [2.75, 3.05) is 26.5 Å². The summed E-state index contributed by atoms with van der Waals surface area (Å²) >= 11 is 0. The predicted octanol–water partition coefficient (Wildman–Crippen LogP) is 4.47. The molecule has 1 aliphatic rings. The van der Waals surface area contributed by atoms with Crippen LogP contribution in [-0.2, 0) is 0 Å². The first-order valence-electron chi connectivity index (χ1n) is 11.8. The van der Waals surface area contributed by atoms with Crippen LogP contribution in [0.2, 0.25) is 0 Å². The van der Waals surface area contributed by atoms with Gasteiger partial charge in [-0.3, -0.25) is 9.89 Å². The van der Waals surface area contributed by atoms with Crippen LogP contribution in [0.5, 0.6) is 5.75 Å². The molecule has 1 amide bonds. The number of methoxy groups -OCH3 is 1. The van der Waals surface area contributed by atoms with E-state index in [1.807, 2.05) is 30.3 Å². The highest BCUT2D eigenvalue weighted by Gasteiger charge is 2.27. The van der Waals surface area contributed by atoms with Gasteiger partial charge in [0, 0.05) is 42.8 Å². The number of ether oxygens (including phenoxy) is 1. The van der Waals surface area contributed by atoms with Crippen molar-refractivity contribution in [3.63, 3.8) is 0 Å². The first-order valence-corrected chi connectivity index (χ1v) is 11.8. The van der Waals surface area contributed by atoms with Crippen LogP contribution < -0.4 is 10.1 Å². The highest BCUT2D eigenvalue weighted by Crippen LogP contribution is 2.36. The van der Waals surface area contributed by atoms with Crippen molar-refractivity contribution in [3.8, 4) is 28.1 Å². The molecule has 2 atom stereocenters. The van der Waals surface area contributed by atoms with E-state index in [1.54, 1.807) is 33.5 Å². The normalized spacial score (nSPS) is 17.4. The Bertz CT molecular complexity index is 1430. The first kappa shape index (κ1) is 23.7. The van der Waals surface area contributed by atoms with E-state index in [0.29, 0.717) is 47.5 Å². The summed E-state index contributed by atoms with van der Waals surface area (Å²) in [4.78, 5) is 19.0. The van der Waals surface area contributed by atoms with Crippen molar-refractivity contribution in [1.29, 1.82) is 0 Å². The molecule has 1 fully saturated rings. The van der Waals surface area contributed by atoms with Crippen molar-refractivity contribution < 1.29 is 19.0 Å². The number of hydrogen-bond donors (Lipinski definition) is 3. The minimum atomic E-state index is -0.531. The molecule has 1 saturated carbocycles. The number of fused-ring (bicyclic) bond motifs is 1. The molecule has 1 aliphatic carbocycles. The molecule has 0 bridgehead atoms. The van der Waals surface area contributed by atoms with Crippen LogP contribution in [0.25, 0.3) is 33.4 Å². The Morgan fingerprint density at radius 3 is 2.72 bits per heavy atom. The summed E-state index contributed by atoms with van der Waals surface area (Å²) < 4.78 is 21.0. The Kier molecular flexibility index (Phi) is 6.32. The summed E-state index contributed by atoms with van der Waals surface area (Å²) in [5.41, 5.74) is 3.61. The van der Waals surface area contributed by atoms with Gasteiger partial charge in [-0.2, -0.15) is 5.10 Å². The second kappa shape index (κ2) is 9.58. The monoisotopic (exact) mass is 489 g/mol. The van der Waals surface area contributed by atoms with Gasteiger partial charge in [0.1, 0.15) is 17.3 Å². The lowest BCUT2D eigenvalue weighted by Crippen LogP contribution is -2.26. The van der Waals surface area contributed by atoms with Crippen molar-refractivity contribution in [2.45, 2.75) is 31.4 Å². The fourth-order valence-electron chi connectivity index (χ4n) is 4.73. The van der Waals surface area contributed by atoms with E-state index in [-0.39, 0.29) is 23.2 Å². The number of pyridine rings is 1.